The molecule has 4 rings (SSSR count). The standard InChI is InChI=1S/C24H22F3N3O3/c25-24(26,27)17-6-3-5-16(13-17)10-11-22(31)30(14-18-7-4-12-33-18)15-21-28-20-9-2-1-8-19(20)23(32)29-21/h1-3,5-6,8-11,13,18H,4,7,12,14-15H2,(H,28,29,32). The van der Waals surface area contributed by atoms with Gasteiger partial charge in [0.15, 0.2) is 0 Å². The molecule has 2 aromatic carbocycles. The van der Waals surface area contributed by atoms with E-state index in [0.717, 1.165) is 25.0 Å². The Kier molecular flexibility index (Phi) is 6.60. The number of para-hydroxylation sites is 1. The first-order valence-corrected chi connectivity index (χ1v) is 10.5. The summed E-state index contributed by atoms with van der Waals surface area (Å²) in [6.45, 7) is 0.922. The zero-order valence-electron chi connectivity index (χ0n) is 17.6. The molecular formula is C24H22F3N3O3. The highest BCUT2D eigenvalue weighted by Crippen LogP contribution is 2.29. The van der Waals surface area contributed by atoms with E-state index in [4.69, 9.17) is 4.74 Å². The molecule has 0 bridgehead atoms. The maximum absolute atomic E-state index is 13.0. The van der Waals surface area contributed by atoms with Gasteiger partial charge < -0.3 is 14.6 Å². The predicted molar refractivity (Wildman–Crippen MR) is 117 cm³/mol. The summed E-state index contributed by atoms with van der Waals surface area (Å²) in [6.07, 6.45) is -0.364. The Bertz CT molecular complexity index is 1230. The normalized spacial score (nSPS) is 16.5. The molecular weight excluding hydrogens is 435 g/mol. The highest BCUT2D eigenvalue weighted by Gasteiger charge is 2.30. The molecule has 0 spiro atoms. The SMILES string of the molecule is O=C(C=Cc1cccc(C(F)(F)F)c1)N(Cc1nc2ccccc2c(=O)[nH]1)CC1CCCO1. The molecule has 1 unspecified atom stereocenters. The largest absolute Gasteiger partial charge is 0.416 e. The summed E-state index contributed by atoms with van der Waals surface area (Å²) in [5.74, 6) is -0.101. The molecule has 2 heterocycles. The van der Waals surface area contributed by atoms with Gasteiger partial charge in [0.2, 0.25) is 5.91 Å². The van der Waals surface area contributed by atoms with Crippen molar-refractivity contribution in [2.24, 2.45) is 0 Å². The average Bonchev–Trinajstić information content (AvgIpc) is 3.30. The lowest BCUT2D eigenvalue weighted by Crippen LogP contribution is -2.36. The van der Waals surface area contributed by atoms with Crippen LogP contribution in [0.5, 0.6) is 0 Å². The van der Waals surface area contributed by atoms with E-state index in [1.807, 2.05) is 0 Å². The summed E-state index contributed by atoms with van der Waals surface area (Å²) in [7, 11) is 0. The number of halogens is 3. The van der Waals surface area contributed by atoms with Crippen molar-refractivity contribution in [2.75, 3.05) is 13.2 Å². The third-order valence-electron chi connectivity index (χ3n) is 5.39. The van der Waals surface area contributed by atoms with E-state index in [-0.39, 0.29) is 30.3 Å². The number of nitrogens with zero attached hydrogens (tertiary/aromatic N) is 2. The smallest absolute Gasteiger partial charge is 0.376 e. The van der Waals surface area contributed by atoms with Crippen molar-refractivity contribution in [1.82, 2.24) is 14.9 Å². The highest BCUT2D eigenvalue weighted by atomic mass is 19.4. The van der Waals surface area contributed by atoms with Crippen LogP contribution in [-0.4, -0.2) is 40.0 Å². The maximum Gasteiger partial charge on any atom is 0.416 e. The van der Waals surface area contributed by atoms with Gasteiger partial charge in [-0.2, -0.15) is 13.2 Å². The van der Waals surface area contributed by atoms with Crippen molar-refractivity contribution in [3.8, 4) is 0 Å². The fraction of sp³-hybridized carbons (Fsp3) is 0.292. The highest BCUT2D eigenvalue weighted by molar-refractivity contribution is 5.91. The summed E-state index contributed by atoms with van der Waals surface area (Å²) in [5, 5.41) is 0.447. The molecule has 1 aromatic heterocycles. The molecule has 33 heavy (non-hydrogen) atoms. The first-order chi connectivity index (χ1) is 15.8. The van der Waals surface area contributed by atoms with Crippen LogP contribution in [0.3, 0.4) is 0 Å². The van der Waals surface area contributed by atoms with Gasteiger partial charge in [-0.3, -0.25) is 9.59 Å². The zero-order chi connectivity index (χ0) is 23.4. The van der Waals surface area contributed by atoms with Crippen LogP contribution in [0.1, 0.15) is 29.8 Å². The van der Waals surface area contributed by atoms with Gasteiger partial charge in [-0.05, 0) is 48.7 Å². The van der Waals surface area contributed by atoms with Crippen LogP contribution >= 0.6 is 0 Å². The van der Waals surface area contributed by atoms with E-state index < -0.39 is 17.6 Å². The Morgan fingerprint density at radius 3 is 2.79 bits per heavy atom. The Morgan fingerprint density at radius 2 is 2.03 bits per heavy atom. The van der Waals surface area contributed by atoms with Gasteiger partial charge in [-0.15, -0.1) is 0 Å². The second kappa shape index (κ2) is 9.58. The second-order valence-electron chi connectivity index (χ2n) is 7.84. The lowest BCUT2D eigenvalue weighted by Gasteiger charge is -2.24. The van der Waals surface area contributed by atoms with Gasteiger partial charge in [0.05, 0.1) is 29.1 Å². The number of rotatable bonds is 6. The number of amides is 1. The average molecular weight is 457 g/mol. The summed E-state index contributed by atoms with van der Waals surface area (Å²) >= 11 is 0. The molecule has 6 nitrogen and oxygen atoms in total. The molecule has 1 fully saturated rings. The Morgan fingerprint density at radius 1 is 1.21 bits per heavy atom. The lowest BCUT2D eigenvalue weighted by molar-refractivity contribution is -0.137. The first-order valence-electron chi connectivity index (χ1n) is 10.5. The number of carbonyl (C=O) groups excluding carboxylic acids is 1. The van der Waals surface area contributed by atoms with Crippen LogP contribution in [0.15, 0.2) is 59.4 Å². The molecule has 1 atom stereocenters. The predicted octanol–water partition coefficient (Wildman–Crippen LogP) is 4.16. The monoisotopic (exact) mass is 457 g/mol. The first kappa shape index (κ1) is 22.7. The number of aromatic amines is 1. The molecule has 1 aliphatic rings. The van der Waals surface area contributed by atoms with Crippen LogP contribution in [0.25, 0.3) is 17.0 Å². The van der Waals surface area contributed by atoms with E-state index in [2.05, 4.69) is 9.97 Å². The van der Waals surface area contributed by atoms with Crippen molar-refractivity contribution in [2.45, 2.75) is 31.7 Å². The van der Waals surface area contributed by atoms with E-state index in [1.165, 1.54) is 29.2 Å². The van der Waals surface area contributed by atoms with Crippen LogP contribution < -0.4 is 5.56 Å². The summed E-state index contributed by atoms with van der Waals surface area (Å²) in [6, 6.07) is 11.6. The van der Waals surface area contributed by atoms with Crippen molar-refractivity contribution in [3.05, 3.63) is 81.9 Å². The van der Waals surface area contributed by atoms with Crippen molar-refractivity contribution in [1.29, 1.82) is 0 Å². The van der Waals surface area contributed by atoms with Gasteiger partial charge in [0.25, 0.3) is 5.56 Å². The number of H-pyrrole nitrogens is 1. The number of fused-ring (bicyclic) bond motifs is 1. The fourth-order valence-corrected chi connectivity index (χ4v) is 3.75. The third kappa shape index (κ3) is 5.67. The third-order valence-corrected chi connectivity index (χ3v) is 5.39. The fourth-order valence-electron chi connectivity index (χ4n) is 3.75. The minimum atomic E-state index is -4.46. The number of benzene rings is 2. The summed E-state index contributed by atoms with van der Waals surface area (Å²) in [5.41, 5.74) is -0.321. The van der Waals surface area contributed by atoms with Crippen molar-refractivity contribution >= 4 is 22.9 Å². The molecule has 172 valence electrons. The second-order valence-corrected chi connectivity index (χ2v) is 7.84. The van der Waals surface area contributed by atoms with Gasteiger partial charge >= 0.3 is 6.18 Å². The number of nitrogens with one attached hydrogen (secondary N) is 1. The van der Waals surface area contributed by atoms with Gasteiger partial charge in [0, 0.05) is 19.2 Å². The molecule has 1 saturated heterocycles. The number of carbonyl (C=O) groups is 1. The van der Waals surface area contributed by atoms with Crippen LogP contribution in [0.2, 0.25) is 0 Å². The number of ether oxygens (including phenoxy) is 1. The number of hydrogen-bond acceptors (Lipinski definition) is 4. The van der Waals surface area contributed by atoms with Crippen LogP contribution in [-0.2, 0) is 22.3 Å². The van der Waals surface area contributed by atoms with Gasteiger partial charge in [0.1, 0.15) is 5.82 Å². The Hall–Kier alpha value is -3.46. The molecule has 3 aromatic rings. The van der Waals surface area contributed by atoms with Crippen molar-refractivity contribution < 1.29 is 22.7 Å². The number of alkyl halides is 3. The van der Waals surface area contributed by atoms with Gasteiger partial charge in [-0.1, -0.05) is 24.3 Å². The van der Waals surface area contributed by atoms with E-state index in [1.54, 1.807) is 24.3 Å². The minimum absolute atomic E-state index is 0.0334. The summed E-state index contributed by atoms with van der Waals surface area (Å²) < 4.78 is 44.5. The van der Waals surface area contributed by atoms with E-state index in [0.29, 0.717) is 23.3 Å². The van der Waals surface area contributed by atoms with Gasteiger partial charge in [-0.25, -0.2) is 4.98 Å². The van der Waals surface area contributed by atoms with Crippen LogP contribution in [0, 0.1) is 0 Å². The molecule has 9 heteroatoms. The Balaban J connectivity index is 1.57. The Labute approximate surface area is 187 Å². The minimum Gasteiger partial charge on any atom is -0.376 e. The molecule has 0 saturated carbocycles. The van der Waals surface area contributed by atoms with Crippen molar-refractivity contribution in [3.63, 3.8) is 0 Å². The van der Waals surface area contributed by atoms with E-state index in [9.17, 15) is 22.8 Å². The number of aromatic nitrogens is 2. The molecule has 1 N–H and O–H groups in total. The topological polar surface area (TPSA) is 75.3 Å². The maximum atomic E-state index is 13.0. The molecule has 0 radical (unpaired) electrons. The molecule has 1 aliphatic heterocycles. The quantitative estimate of drug-likeness (QED) is 0.564. The van der Waals surface area contributed by atoms with E-state index >= 15 is 0 Å². The molecule has 0 aliphatic carbocycles. The lowest BCUT2D eigenvalue weighted by atomic mass is 10.1. The number of hydrogen-bond donors (Lipinski definition) is 1. The zero-order valence-corrected chi connectivity index (χ0v) is 17.6. The molecule has 1 amide bonds. The van der Waals surface area contributed by atoms with Crippen LogP contribution in [0.4, 0.5) is 13.2 Å². The summed E-state index contributed by atoms with van der Waals surface area (Å²) in [4.78, 5) is 34.0.